The van der Waals surface area contributed by atoms with Crippen molar-refractivity contribution < 1.29 is 38.2 Å². The Kier molecular flexibility index (Phi) is 6.18. The number of methoxy groups -OCH3 is 1. The molecule has 0 N–H and O–H groups in total. The summed E-state index contributed by atoms with van der Waals surface area (Å²) in [5, 5.41) is 0.123. The van der Waals surface area contributed by atoms with Crippen LogP contribution in [0.1, 0.15) is 12.8 Å². The molecule has 0 aliphatic carbocycles. The molecule has 0 saturated heterocycles. The Morgan fingerprint density at radius 2 is 2.05 bits per heavy atom. The Morgan fingerprint density at radius 3 is 2.74 bits per heavy atom. The summed E-state index contributed by atoms with van der Waals surface area (Å²) in [4.78, 5) is 26.6. The van der Waals surface area contributed by atoms with Gasteiger partial charge in [-0.1, -0.05) is 12.1 Å². The third-order valence-electron chi connectivity index (χ3n) is 2.24. The van der Waals surface area contributed by atoms with Gasteiger partial charge in [0.05, 0.1) is 13.5 Å². The van der Waals surface area contributed by atoms with E-state index in [0.717, 1.165) is 11.8 Å². The van der Waals surface area contributed by atoms with E-state index in [4.69, 9.17) is 4.42 Å². The molecule has 0 saturated carbocycles. The maximum atomic E-state index is 11.6. The molecule has 19 heavy (non-hydrogen) atoms. The zero-order chi connectivity index (χ0) is 13.0. The van der Waals surface area contributed by atoms with Crippen molar-refractivity contribution in [2.75, 3.05) is 7.11 Å². The first kappa shape index (κ1) is 15.9. The normalized spacial score (nSPS) is 9.95. The van der Waals surface area contributed by atoms with Gasteiger partial charge < -0.3 is 9.15 Å². The van der Waals surface area contributed by atoms with Gasteiger partial charge in [0.15, 0.2) is 10.7 Å². The zero-order valence-electron chi connectivity index (χ0n) is 10.4. The number of carbonyl (C=O) groups excluding carboxylic acids is 2. The monoisotopic (exact) mass is 329 g/mol. The number of aromatic nitrogens is 1. The van der Waals surface area contributed by atoms with Crippen LogP contribution in [0.3, 0.4) is 0 Å². The van der Waals surface area contributed by atoms with E-state index in [1.54, 1.807) is 6.07 Å². The van der Waals surface area contributed by atoms with Crippen molar-refractivity contribution >= 4 is 33.9 Å². The van der Waals surface area contributed by atoms with Crippen LogP contribution in [0.15, 0.2) is 33.9 Å². The van der Waals surface area contributed by atoms with E-state index in [0.29, 0.717) is 16.3 Å². The van der Waals surface area contributed by atoms with E-state index < -0.39 is 5.97 Å². The standard InChI is InChI=1S/C12H11NO4S.Zn/c1-16-10(14)6-7-11(15)18-12-13-8-4-2-3-5-9(8)17-12;/h2-5H,6-7H2,1H3;. The number of rotatable bonds is 4. The summed E-state index contributed by atoms with van der Waals surface area (Å²) in [6, 6.07) is 7.27. The summed E-state index contributed by atoms with van der Waals surface area (Å²) in [6.45, 7) is 0. The third-order valence-corrected chi connectivity index (χ3v) is 3.02. The summed E-state index contributed by atoms with van der Waals surface area (Å²) < 4.78 is 9.85. The molecule has 7 heteroatoms. The molecule has 2 rings (SSSR count). The number of esters is 1. The second-order valence-corrected chi connectivity index (χ2v) is 4.51. The molecule has 0 atom stereocenters. The largest absolute Gasteiger partial charge is 0.469 e. The van der Waals surface area contributed by atoms with E-state index in [2.05, 4.69) is 9.72 Å². The predicted octanol–water partition coefficient (Wildman–Crippen LogP) is 2.40. The molecule has 96 valence electrons. The Morgan fingerprint density at radius 1 is 1.32 bits per heavy atom. The van der Waals surface area contributed by atoms with Crippen molar-refractivity contribution in [3.05, 3.63) is 24.3 Å². The van der Waals surface area contributed by atoms with Gasteiger partial charge in [-0.05, 0) is 12.1 Å². The van der Waals surface area contributed by atoms with Gasteiger partial charge in [0, 0.05) is 37.7 Å². The van der Waals surface area contributed by atoms with Crippen LogP contribution in [0.5, 0.6) is 0 Å². The molecule has 2 aromatic rings. The fourth-order valence-corrected chi connectivity index (χ4v) is 2.02. The number of carbonyl (C=O) groups is 2. The summed E-state index contributed by atoms with van der Waals surface area (Å²) in [5.74, 6) is -0.401. The molecular weight excluding hydrogens is 320 g/mol. The van der Waals surface area contributed by atoms with Gasteiger partial charge in [-0.2, -0.15) is 0 Å². The van der Waals surface area contributed by atoms with Crippen LogP contribution in [0.25, 0.3) is 11.1 Å². The van der Waals surface area contributed by atoms with Crippen molar-refractivity contribution in [3.8, 4) is 0 Å². The fraction of sp³-hybridized carbons (Fsp3) is 0.250. The Balaban J connectivity index is 0.00000180. The van der Waals surface area contributed by atoms with Crippen LogP contribution in [-0.4, -0.2) is 23.2 Å². The van der Waals surface area contributed by atoms with Gasteiger partial charge in [0.25, 0.3) is 5.22 Å². The maximum Gasteiger partial charge on any atom is 0.305 e. The number of hydrogen-bond donors (Lipinski definition) is 0. The molecule has 0 aliphatic heterocycles. The molecule has 0 amide bonds. The number of nitrogens with zero attached hydrogens (tertiary/aromatic N) is 1. The second-order valence-electron chi connectivity index (χ2n) is 3.50. The van der Waals surface area contributed by atoms with E-state index in [-0.39, 0.29) is 37.4 Å². The van der Waals surface area contributed by atoms with Crippen LogP contribution in [0, 0.1) is 0 Å². The first-order valence-electron chi connectivity index (χ1n) is 5.32. The van der Waals surface area contributed by atoms with Crippen molar-refractivity contribution in [2.45, 2.75) is 18.1 Å². The first-order chi connectivity index (χ1) is 8.69. The molecule has 0 fully saturated rings. The quantitative estimate of drug-likeness (QED) is 0.487. The topological polar surface area (TPSA) is 69.4 Å². The van der Waals surface area contributed by atoms with E-state index in [1.807, 2.05) is 18.2 Å². The zero-order valence-corrected chi connectivity index (χ0v) is 14.2. The third kappa shape index (κ3) is 4.44. The van der Waals surface area contributed by atoms with Crippen molar-refractivity contribution in [1.29, 1.82) is 0 Å². The Bertz CT molecular complexity index is 551. The molecular formula is C12H11NO4SZn. The minimum absolute atomic E-state index is 0. The molecule has 0 aliphatic rings. The maximum absolute atomic E-state index is 11.6. The van der Waals surface area contributed by atoms with Gasteiger partial charge in [-0.25, -0.2) is 4.98 Å². The molecule has 0 spiro atoms. The molecule has 5 nitrogen and oxygen atoms in total. The van der Waals surface area contributed by atoms with E-state index >= 15 is 0 Å². The van der Waals surface area contributed by atoms with E-state index in [9.17, 15) is 9.59 Å². The molecule has 0 radical (unpaired) electrons. The van der Waals surface area contributed by atoms with Gasteiger partial charge in [-0.15, -0.1) is 0 Å². The van der Waals surface area contributed by atoms with Crippen LogP contribution < -0.4 is 0 Å². The fourth-order valence-electron chi connectivity index (χ4n) is 1.35. The number of hydrogen-bond acceptors (Lipinski definition) is 6. The average Bonchev–Trinajstić information content (AvgIpc) is 2.77. The van der Waals surface area contributed by atoms with Gasteiger partial charge >= 0.3 is 5.97 Å². The number of para-hydroxylation sites is 2. The number of benzene rings is 1. The van der Waals surface area contributed by atoms with Crippen LogP contribution in [0.4, 0.5) is 0 Å². The van der Waals surface area contributed by atoms with Gasteiger partial charge in [0.2, 0.25) is 0 Å². The molecule has 1 heterocycles. The Labute approximate surface area is 126 Å². The number of oxazole rings is 1. The molecule has 1 aromatic heterocycles. The van der Waals surface area contributed by atoms with Gasteiger partial charge in [0.1, 0.15) is 5.52 Å². The summed E-state index contributed by atoms with van der Waals surface area (Å²) in [6.07, 6.45) is 0.179. The van der Waals surface area contributed by atoms with Crippen molar-refractivity contribution in [3.63, 3.8) is 0 Å². The van der Waals surface area contributed by atoms with Crippen LogP contribution in [0.2, 0.25) is 0 Å². The summed E-state index contributed by atoms with van der Waals surface area (Å²) >= 11 is 0.897. The minimum Gasteiger partial charge on any atom is -0.469 e. The van der Waals surface area contributed by atoms with Crippen molar-refractivity contribution in [2.24, 2.45) is 0 Å². The minimum atomic E-state index is -0.401. The smallest absolute Gasteiger partial charge is 0.305 e. The second kappa shape index (κ2) is 7.41. The molecule has 0 bridgehead atoms. The van der Waals surface area contributed by atoms with E-state index in [1.165, 1.54) is 7.11 Å². The predicted molar refractivity (Wildman–Crippen MR) is 66.1 cm³/mol. The van der Waals surface area contributed by atoms with Crippen LogP contribution >= 0.6 is 11.8 Å². The SMILES string of the molecule is COC(=O)CCC(=O)Sc1nc2ccccc2o1.[Zn]. The van der Waals surface area contributed by atoms with Crippen molar-refractivity contribution in [1.82, 2.24) is 4.98 Å². The summed E-state index contributed by atoms with van der Waals surface area (Å²) in [7, 11) is 1.29. The average molecular weight is 331 g/mol. The number of fused-ring (bicyclic) bond motifs is 1. The number of ether oxygens (including phenoxy) is 1. The van der Waals surface area contributed by atoms with Gasteiger partial charge in [-0.3, -0.25) is 9.59 Å². The van der Waals surface area contributed by atoms with Crippen LogP contribution in [-0.2, 0) is 33.8 Å². The number of thioether (sulfide) groups is 1. The summed E-state index contributed by atoms with van der Waals surface area (Å²) in [5.41, 5.74) is 1.35. The Hall–Kier alpha value is -1.20. The molecule has 1 aromatic carbocycles. The molecule has 0 unspecified atom stereocenters. The first-order valence-corrected chi connectivity index (χ1v) is 6.14.